The highest BCUT2D eigenvalue weighted by Crippen LogP contribution is 2.33. The van der Waals surface area contributed by atoms with Crippen LogP contribution in [0.3, 0.4) is 0 Å². The van der Waals surface area contributed by atoms with Gasteiger partial charge in [-0.3, -0.25) is 9.69 Å². The fourth-order valence-electron chi connectivity index (χ4n) is 3.06. The van der Waals surface area contributed by atoms with Gasteiger partial charge in [0.15, 0.2) is 5.13 Å². The van der Waals surface area contributed by atoms with Gasteiger partial charge in [0.1, 0.15) is 5.82 Å². The first-order valence-corrected chi connectivity index (χ1v) is 9.77. The largest absolute Gasteiger partial charge is 0.309 e. The molecule has 0 saturated heterocycles. The Balaban J connectivity index is 1.97. The number of thiazole rings is 1. The Bertz CT molecular complexity index is 950. The van der Waals surface area contributed by atoms with Crippen LogP contribution in [0.4, 0.5) is 9.52 Å². The number of carbonyl (C=O) groups is 1. The lowest BCUT2D eigenvalue weighted by Gasteiger charge is -2.21. The van der Waals surface area contributed by atoms with E-state index in [1.165, 1.54) is 35.6 Å². The number of rotatable bonds is 6. The second kappa shape index (κ2) is 8.15. The number of hydrogen-bond donors (Lipinski definition) is 0. The molecule has 1 aromatic heterocycles. The summed E-state index contributed by atoms with van der Waals surface area (Å²) in [5, 5.41) is 0.687. The molecule has 0 bridgehead atoms. The van der Waals surface area contributed by atoms with Gasteiger partial charge < -0.3 is 4.90 Å². The van der Waals surface area contributed by atoms with Gasteiger partial charge in [0.25, 0.3) is 5.91 Å². The van der Waals surface area contributed by atoms with Crippen LogP contribution in [0.25, 0.3) is 10.2 Å². The minimum absolute atomic E-state index is 0.151. The van der Waals surface area contributed by atoms with Gasteiger partial charge in [-0.05, 0) is 82.4 Å². The average Bonchev–Trinajstić information content (AvgIpc) is 3.02. The number of carbonyl (C=O) groups excluding carboxylic acids is 1. The van der Waals surface area contributed by atoms with Crippen LogP contribution in [0.2, 0.25) is 0 Å². The van der Waals surface area contributed by atoms with Crippen molar-refractivity contribution in [2.75, 3.05) is 32.1 Å². The number of anilines is 1. The van der Waals surface area contributed by atoms with Crippen LogP contribution in [0.1, 0.15) is 27.9 Å². The van der Waals surface area contributed by atoms with Crippen LogP contribution < -0.4 is 4.90 Å². The molecule has 0 atom stereocenters. The van der Waals surface area contributed by atoms with Crippen LogP contribution in [-0.2, 0) is 0 Å². The number of amides is 1. The van der Waals surface area contributed by atoms with E-state index in [-0.39, 0.29) is 11.7 Å². The fourth-order valence-corrected chi connectivity index (χ4v) is 4.10. The van der Waals surface area contributed by atoms with E-state index in [9.17, 15) is 9.18 Å². The SMILES string of the molecule is Cc1cc(C)c2sc(N(CCCN(C)C)C(=O)c3ccc(F)cc3)nc2c1. The van der Waals surface area contributed by atoms with Crippen molar-refractivity contribution in [3.05, 3.63) is 58.9 Å². The van der Waals surface area contributed by atoms with Crippen LogP contribution in [-0.4, -0.2) is 43.0 Å². The van der Waals surface area contributed by atoms with Gasteiger partial charge in [0.05, 0.1) is 10.2 Å². The van der Waals surface area contributed by atoms with Crippen molar-refractivity contribution in [3.8, 4) is 0 Å². The summed E-state index contributed by atoms with van der Waals surface area (Å²) in [6.07, 6.45) is 0.827. The fraction of sp³-hybridized carbons (Fsp3) is 0.333. The molecule has 27 heavy (non-hydrogen) atoms. The summed E-state index contributed by atoms with van der Waals surface area (Å²) in [4.78, 5) is 21.7. The third-order valence-corrected chi connectivity index (χ3v) is 5.59. The summed E-state index contributed by atoms with van der Waals surface area (Å²) in [5.74, 6) is -0.501. The molecule has 0 saturated carbocycles. The normalized spacial score (nSPS) is 11.3. The highest BCUT2D eigenvalue weighted by Gasteiger charge is 2.21. The third kappa shape index (κ3) is 4.51. The van der Waals surface area contributed by atoms with Gasteiger partial charge in [-0.15, -0.1) is 0 Å². The molecule has 1 amide bonds. The molecule has 0 aliphatic heterocycles. The molecule has 0 unspecified atom stereocenters. The van der Waals surface area contributed by atoms with Gasteiger partial charge >= 0.3 is 0 Å². The molecular weight excluding hydrogens is 361 g/mol. The Hall–Kier alpha value is -2.31. The van der Waals surface area contributed by atoms with Gasteiger partial charge in [-0.2, -0.15) is 0 Å². The molecule has 0 N–H and O–H groups in total. The lowest BCUT2D eigenvalue weighted by molar-refractivity contribution is 0.0986. The maximum absolute atomic E-state index is 13.2. The zero-order valence-electron chi connectivity index (χ0n) is 16.1. The predicted molar refractivity (Wildman–Crippen MR) is 110 cm³/mol. The number of aromatic nitrogens is 1. The summed E-state index contributed by atoms with van der Waals surface area (Å²) < 4.78 is 14.3. The number of nitrogens with zero attached hydrogens (tertiary/aromatic N) is 3. The predicted octanol–water partition coefficient (Wildman–Crippen LogP) is 4.65. The van der Waals surface area contributed by atoms with E-state index in [2.05, 4.69) is 17.9 Å². The van der Waals surface area contributed by atoms with Crippen molar-refractivity contribution in [2.45, 2.75) is 20.3 Å². The lowest BCUT2D eigenvalue weighted by Crippen LogP contribution is -2.33. The molecule has 6 heteroatoms. The number of benzene rings is 2. The van der Waals surface area contributed by atoms with Crippen LogP contribution >= 0.6 is 11.3 Å². The Kier molecular flexibility index (Phi) is 5.87. The summed E-state index contributed by atoms with van der Waals surface area (Å²) in [6, 6.07) is 9.86. The number of fused-ring (bicyclic) bond motifs is 1. The van der Waals surface area contributed by atoms with Crippen molar-refractivity contribution in [3.63, 3.8) is 0 Å². The second-order valence-electron chi connectivity index (χ2n) is 7.05. The second-order valence-corrected chi connectivity index (χ2v) is 8.02. The Morgan fingerprint density at radius 2 is 1.81 bits per heavy atom. The van der Waals surface area contributed by atoms with E-state index in [0.29, 0.717) is 17.2 Å². The molecule has 4 nitrogen and oxygen atoms in total. The highest BCUT2D eigenvalue weighted by molar-refractivity contribution is 7.22. The maximum atomic E-state index is 13.2. The molecule has 3 rings (SSSR count). The topological polar surface area (TPSA) is 36.4 Å². The van der Waals surface area contributed by atoms with Crippen LogP contribution in [0.15, 0.2) is 36.4 Å². The Labute approximate surface area is 163 Å². The lowest BCUT2D eigenvalue weighted by atomic mass is 10.1. The quantitative estimate of drug-likeness (QED) is 0.620. The van der Waals surface area contributed by atoms with Crippen molar-refractivity contribution in [1.29, 1.82) is 0 Å². The van der Waals surface area contributed by atoms with E-state index >= 15 is 0 Å². The monoisotopic (exact) mass is 385 g/mol. The molecule has 0 fully saturated rings. The first-order chi connectivity index (χ1) is 12.8. The molecule has 3 aromatic rings. The minimum Gasteiger partial charge on any atom is -0.309 e. The molecule has 1 heterocycles. The molecule has 142 valence electrons. The molecular formula is C21H24FN3OS. The molecule has 0 aliphatic carbocycles. The smallest absolute Gasteiger partial charge is 0.260 e. The first kappa shape index (κ1) is 19.5. The Morgan fingerprint density at radius 3 is 2.48 bits per heavy atom. The van der Waals surface area contributed by atoms with Gasteiger partial charge in [0, 0.05) is 12.1 Å². The van der Waals surface area contributed by atoms with Crippen molar-refractivity contribution in [1.82, 2.24) is 9.88 Å². The van der Waals surface area contributed by atoms with E-state index in [0.717, 1.165) is 34.3 Å². The van der Waals surface area contributed by atoms with E-state index < -0.39 is 0 Å². The van der Waals surface area contributed by atoms with Crippen LogP contribution in [0, 0.1) is 19.7 Å². The maximum Gasteiger partial charge on any atom is 0.260 e. The summed E-state index contributed by atoms with van der Waals surface area (Å²) in [6.45, 7) is 5.54. The summed E-state index contributed by atoms with van der Waals surface area (Å²) >= 11 is 1.53. The van der Waals surface area contributed by atoms with Crippen molar-refractivity contribution < 1.29 is 9.18 Å². The number of halogens is 1. The Morgan fingerprint density at radius 1 is 1.11 bits per heavy atom. The molecule has 2 aromatic carbocycles. The molecule has 0 spiro atoms. The van der Waals surface area contributed by atoms with Crippen molar-refractivity contribution >= 4 is 32.6 Å². The molecule has 0 radical (unpaired) electrons. The summed E-state index contributed by atoms with van der Waals surface area (Å²) in [7, 11) is 4.02. The van der Waals surface area contributed by atoms with Gasteiger partial charge in [0.2, 0.25) is 0 Å². The van der Waals surface area contributed by atoms with E-state index in [4.69, 9.17) is 4.98 Å². The zero-order valence-corrected chi connectivity index (χ0v) is 16.9. The minimum atomic E-state index is -0.350. The third-order valence-electron chi connectivity index (χ3n) is 4.36. The first-order valence-electron chi connectivity index (χ1n) is 8.95. The zero-order chi connectivity index (χ0) is 19.6. The number of aryl methyl sites for hydroxylation is 2. The van der Waals surface area contributed by atoms with E-state index in [1.54, 1.807) is 4.90 Å². The van der Waals surface area contributed by atoms with Gasteiger partial charge in [-0.1, -0.05) is 17.4 Å². The van der Waals surface area contributed by atoms with E-state index in [1.807, 2.05) is 27.1 Å². The van der Waals surface area contributed by atoms with Gasteiger partial charge in [-0.25, -0.2) is 9.37 Å². The highest BCUT2D eigenvalue weighted by atomic mass is 32.1. The van der Waals surface area contributed by atoms with Crippen LogP contribution in [0.5, 0.6) is 0 Å². The standard InChI is InChI=1S/C21H24FN3OS/c1-14-12-15(2)19-18(13-14)23-21(27-19)25(11-5-10-24(3)4)20(26)16-6-8-17(22)9-7-16/h6-9,12-13H,5,10-11H2,1-4H3. The number of hydrogen-bond acceptors (Lipinski definition) is 4. The van der Waals surface area contributed by atoms with Crippen molar-refractivity contribution in [2.24, 2.45) is 0 Å². The summed E-state index contributed by atoms with van der Waals surface area (Å²) in [5.41, 5.74) is 3.70. The average molecular weight is 386 g/mol. The molecule has 0 aliphatic rings.